The van der Waals surface area contributed by atoms with Gasteiger partial charge in [0.25, 0.3) is 0 Å². The van der Waals surface area contributed by atoms with Gasteiger partial charge in [0, 0.05) is 38.5 Å². The van der Waals surface area contributed by atoms with Gasteiger partial charge in [0.15, 0.2) is 4.80 Å². The molecule has 15 heavy (non-hydrogen) atoms. The maximum Gasteiger partial charge on any atom is 0.250 e. The van der Waals surface area contributed by atoms with E-state index in [0.29, 0.717) is 11.3 Å². The van der Waals surface area contributed by atoms with Crippen molar-refractivity contribution in [1.82, 2.24) is 9.88 Å². The molecule has 0 fully saturated rings. The molecule has 0 saturated heterocycles. The lowest BCUT2D eigenvalue weighted by molar-refractivity contribution is -0.119. The topological polar surface area (TPSA) is 63.5 Å². The summed E-state index contributed by atoms with van der Waals surface area (Å²) < 4.78 is 1.78. The maximum absolute atomic E-state index is 11.3. The van der Waals surface area contributed by atoms with Crippen LogP contribution in [-0.4, -0.2) is 22.9 Å². The van der Waals surface area contributed by atoms with E-state index in [2.05, 4.69) is 10.3 Å². The monoisotopic (exact) mass is 227 g/mol. The van der Waals surface area contributed by atoms with E-state index in [-0.39, 0.29) is 18.2 Å². The molecule has 0 aliphatic carbocycles. The van der Waals surface area contributed by atoms with E-state index in [1.165, 1.54) is 18.3 Å². The highest BCUT2D eigenvalue weighted by molar-refractivity contribution is 7.07. The van der Waals surface area contributed by atoms with Gasteiger partial charge in [-0.25, -0.2) is 0 Å². The molecule has 82 valence electrons. The van der Waals surface area contributed by atoms with Crippen molar-refractivity contribution >= 4 is 23.2 Å². The van der Waals surface area contributed by atoms with E-state index in [9.17, 15) is 9.59 Å². The molecule has 1 heterocycles. The molecule has 0 aliphatic rings. The third kappa shape index (κ3) is 4.07. The molecule has 2 amide bonds. The van der Waals surface area contributed by atoms with Crippen LogP contribution in [0, 0.1) is 0 Å². The van der Waals surface area contributed by atoms with Crippen LogP contribution in [0.2, 0.25) is 0 Å². The van der Waals surface area contributed by atoms with Crippen LogP contribution in [0.15, 0.2) is 16.6 Å². The van der Waals surface area contributed by atoms with Crippen LogP contribution in [0.25, 0.3) is 0 Å². The summed E-state index contributed by atoms with van der Waals surface area (Å²) in [5.74, 6) is -0.355. The van der Waals surface area contributed by atoms with E-state index in [1.807, 2.05) is 18.6 Å². The van der Waals surface area contributed by atoms with Gasteiger partial charge in [0.2, 0.25) is 11.8 Å². The molecule has 1 aromatic rings. The predicted octanol–water partition coefficient (Wildman–Crippen LogP) is 0.0401. The van der Waals surface area contributed by atoms with Crippen molar-refractivity contribution in [3.8, 4) is 0 Å². The Morgan fingerprint density at radius 1 is 1.60 bits per heavy atom. The summed E-state index contributed by atoms with van der Waals surface area (Å²) >= 11 is 1.41. The van der Waals surface area contributed by atoms with Crippen molar-refractivity contribution in [3.63, 3.8) is 0 Å². The van der Waals surface area contributed by atoms with Crippen molar-refractivity contribution in [1.29, 1.82) is 0 Å². The van der Waals surface area contributed by atoms with Gasteiger partial charge in [-0.1, -0.05) is 0 Å². The highest BCUT2D eigenvalue weighted by Crippen LogP contribution is 1.88. The highest BCUT2D eigenvalue weighted by Gasteiger charge is 2.00. The molecule has 1 rings (SSSR count). The van der Waals surface area contributed by atoms with Crippen molar-refractivity contribution in [2.75, 3.05) is 6.54 Å². The lowest BCUT2D eigenvalue weighted by Crippen LogP contribution is -2.23. The summed E-state index contributed by atoms with van der Waals surface area (Å²) in [7, 11) is 1.83. The minimum Gasteiger partial charge on any atom is -0.356 e. The van der Waals surface area contributed by atoms with Gasteiger partial charge in [-0.3, -0.25) is 9.59 Å². The van der Waals surface area contributed by atoms with Gasteiger partial charge in [-0.05, 0) is 0 Å². The molecule has 0 radical (unpaired) electrons. The predicted molar refractivity (Wildman–Crippen MR) is 57.2 cm³/mol. The second kappa shape index (κ2) is 5.45. The molecular formula is C9H13N3O2S. The molecule has 0 aliphatic heterocycles. The molecule has 0 atom stereocenters. The number of hydrogen-bond acceptors (Lipinski definition) is 3. The van der Waals surface area contributed by atoms with Gasteiger partial charge < -0.3 is 9.88 Å². The smallest absolute Gasteiger partial charge is 0.250 e. The first-order valence-electron chi connectivity index (χ1n) is 4.51. The van der Waals surface area contributed by atoms with E-state index in [4.69, 9.17) is 0 Å². The van der Waals surface area contributed by atoms with Crippen LogP contribution in [0.1, 0.15) is 13.3 Å². The lowest BCUT2D eigenvalue weighted by Gasteiger charge is -1.97. The van der Waals surface area contributed by atoms with Crippen molar-refractivity contribution < 1.29 is 9.59 Å². The largest absolute Gasteiger partial charge is 0.356 e. The summed E-state index contributed by atoms with van der Waals surface area (Å²) in [6.07, 6.45) is 2.07. The quantitative estimate of drug-likeness (QED) is 0.792. The Balaban J connectivity index is 2.50. The first-order chi connectivity index (χ1) is 7.09. The standard InChI is InChI=1S/C9H13N3O2S/c1-7(13)10-4-3-8(14)11-9-12(2)5-6-15-9/h5-6H,3-4H2,1-2H3,(H,10,13). The SMILES string of the molecule is CC(=O)NCCC(=O)N=c1sccn1C. The summed E-state index contributed by atoms with van der Waals surface area (Å²) in [5, 5.41) is 4.41. The number of hydrogen-bond donors (Lipinski definition) is 1. The molecule has 0 aromatic carbocycles. The molecule has 0 saturated carbocycles. The maximum atomic E-state index is 11.3. The number of thiazole rings is 1. The molecule has 5 nitrogen and oxygen atoms in total. The molecular weight excluding hydrogens is 214 g/mol. The van der Waals surface area contributed by atoms with Gasteiger partial charge >= 0.3 is 0 Å². The molecule has 0 bridgehead atoms. The Kier molecular flexibility index (Phi) is 4.23. The zero-order valence-electron chi connectivity index (χ0n) is 8.69. The third-order valence-electron chi connectivity index (χ3n) is 1.69. The summed E-state index contributed by atoms with van der Waals surface area (Å²) in [6, 6.07) is 0. The minimum atomic E-state index is -0.221. The molecule has 0 spiro atoms. The van der Waals surface area contributed by atoms with Crippen LogP contribution in [-0.2, 0) is 16.6 Å². The zero-order valence-corrected chi connectivity index (χ0v) is 9.50. The third-order valence-corrected chi connectivity index (χ3v) is 2.54. The first-order valence-corrected chi connectivity index (χ1v) is 5.39. The fourth-order valence-corrected chi connectivity index (χ4v) is 1.69. The van der Waals surface area contributed by atoms with E-state index < -0.39 is 0 Å². The lowest BCUT2D eigenvalue weighted by atomic mass is 10.4. The van der Waals surface area contributed by atoms with Crippen LogP contribution in [0.5, 0.6) is 0 Å². The Bertz CT molecular complexity index is 419. The van der Waals surface area contributed by atoms with E-state index in [0.717, 1.165) is 0 Å². The fourth-order valence-electron chi connectivity index (χ4n) is 0.943. The van der Waals surface area contributed by atoms with E-state index >= 15 is 0 Å². The number of aryl methyl sites for hydroxylation is 1. The molecule has 1 aromatic heterocycles. The van der Waals surface area contributed by atoms with Gasteiger partial charge in [-0.15, -0.1) is 11.3 Å². The number of nitrogens with zero attached hydrogens (tertiary/aromatic N) is 2. The number of rotatable bonds is 3. The molecule has 1 N–H and O–H groups in total. The van der Waals surface area contributed by atoms with E-state index in [1.54, 1.807) is 4.57 Å². The summed E-state index contributed by atoms with van der Waals surface area (Å²) in [4.78, 5) is 26.4. The minimum absolute atomic E-state index is 0.135. The Hall–Kier alpha value is -1.43. The number of amides is 2. The number of aromatic nitrogens is 1. The molecule has 6 heteroatoms. The zero-order chi connectivity index (χ0) is 11.3. The molecule has 0 unspecified atom stereocenters. The summed E-state index contributed by atoms with van der Waals surface area (Å²) in [6.45, 7) is 1.76. The first kappa shape index (κ1) is 11.6. The second-order valence-corrected chi connectivity index (χ2v) is 3.91. The van der Waals surface area contributed by atoms with Crippen molar-refractivity contribution in [2.45, 2.75) is 13.3 Å². The Labute approximate surface area is 91.5 Å². The van der Waals surface area contributed by atoms with Gasteiger partial charge in [-0.2, -0.15) is 4.99 Å². The Morgan fingerprint density at radius 2 is 2.33 bits per heavy atom. The van der Waals surface area contributed by atoms with Gasteiger partial charge in [0.1, 0.15) is 0 Å². The van der Waals surface area contributed by atoms with Crippen LogP contribution >= 0.6 is 11.3 Å². The second-order valence-electron chi connectivity index (χ2n) is 3.03. The number of nitrogens with one attached hydrogen (secondary N) is 1. The van der Waals surface area contributed by atoms with Crippen LogP contribution < -0.4 is 10.1 Å². The number of carbonyl (C=O) groups excluding carboxylic acids is 2. The average Bonchev–Trinajstić information content (AvgIpc) is 2.51. The Morgan fingerprint density at radius 3 is 2.87 bits per heavy atom. The summed E-state index contributed by atoms with van der Waals surface area (Å²) in [5.41, 5.74) is 0. The van der Waals surface area contributed by atoms with Crippen LogP contribution in [0.3, 0.4) is 0 Å². The highest BCUT2D eigenvalue weighted by atomic mass is 32.1. The van der Waals surface area contributed by atoms with Crippen molar-refractivity contribution in [2.24, 2.45) is 12.0 Å². The van der Waals surface area contributed by atoms with Crippen molar-refractivity contribution in [3.05, 3.63) is 16.4 Å². The van der Waals surface area contributed by atoms with Gasteiger partial charge in [0.05, 0.1) is 0 Å². The van der Waals surface area contributed by atoms with Crippen LogP contribution in [0.4, 0.5) is 0 Å². The fraction of sp³-hybridized carbons (Fsp3) is 0.444. The normalized spacial score (nSPS) is 11.5. The average molecular weight is 227 g/mol. The number of carbonyl (C=O) groups is 2.